The zero-order chi connectivity index (χ0) is 14.3. The van der Waals surface area contributed by atoms with Gasteiger partial charge in [-0.1, -0.05) is 19.1 Å². The molecule has 0 aliphatic carbocycles. The summed E-state index contributed by atoms with van der Waals surface area (Å²) < 4.78 is 5.73. The summed E-state index contributed by atoms with van der Waals surface area (Å²) >= 11 is 0. The first kappa shape index (κ1) is 15.5. The lowest BCUT2D eigenvalue weighted by Crippen LogP contribution is -2.42. The first-order valence-electron chi connectivity index (χ1n) is 6.77. The zero-order valence-electron chi connectivity index (χ0n) is 12.0. The van der Waals surface area contributed by atoms with Gasteiger partial charge in [0.1, 0.15) is 5.75 Å². The van der Waals surface area contributed by atoms with Gasteiger partial charge in [-0.25, -0.2) is 0 Å². The van der Waals surface area contributed by atoms with Gasteiger partial charge in [0, 0.05) is 6.42 Å². The second-order valence-electron chi connectivity index (χ2n) is 4.82. The highest BCUT2D eigenvalue weighted by Gasteiger charge is 2.14. The monoisotopic (exact) mass is 264 g/mol. The van der Waals surface area contributed by atoms with E-state index in [0.717, 1.165) is 29.8 Å². The summed E-state index contributed by atoms with van der Waals surface area (Å²) in [5, 5.41) is 3.13. The van der Waals surface area contributed by atoms with Gasteiger partial charge in [-0.3, -0.25) is 4.79 Å². The standard InChI is InChI=1S/C15H24N2O2/c1-4-8-17-13(15(16)18)7-9-19-14-10-11(2)5-6-12(14)3/h5-6,10,13,17H,4,7-9H2,1-3H3,(H2,16,18). The fourth-order valence-corrected chi connectivity index (χ4v) is 1.81. The van der Waals surface area contributed by atoms with Gasteiger partial charge < -0.3 is 15.8 Å². The van der Waals surface area contributed by atoms with Gasteiger partial charge in [0.25, 0.3) is 0 Å². The maximum Gasteiger partial charge on any atom is 0.234 e. The normalized spacial score (nSPS) is 12.2. The van der Waals surface area contributed by atoms with E-state index < -0.39 is 0 Å². The summed E-state index contributed by atoms with van der Waals surface area (Å²) in [7, 11) is 0. The number of carbonyl (C=O) groups excluding carboxylic acids is 1. The minimum Gasteiger partial charge on any atom is -0.493 e. The van der Waals surface area contributed by atoms with Gasteiger partial charge in [0.05, 0.1) is 12.6 Å². The van der Waals surface area contributed by atoms with Crippen LogP contribution in [-0.4, -0.2) is 25.1 Å². The molecule has 19 heavy (non-hydrogen) atoms. The molecular formula is C15H24N2O2. The fourth-order valence-electron chi connectivity index (χ4n) is 1.81. The van der Waals surface area contributed by atoms with Gasteiger partial charge >= 0.3 is 0 Å². The van der Waals surface area contributed by atoms with Gasteiger partial charge in [0.2, 0.25) is 5.91 Å². The molecule has 1 aromatic carbocycles. The molecule has 3 N–H and O–H groups in total. The van der Waals surface area contributed by atoms with Crippen LogP contribution >= 0.6 is 0 Å². The van der Waals surface area contributed by atoms with Crippen molar-refractivity contribution in [3.05, 3.63) is 29.3 Å². The Balaban J connectivity index is 2.47. The number of benzene rings is 1. The molecule has 1 unspecified atom stereocenters. The van der Waals surface area contributed by atoms with Crippen molar-refractivity contribution in [3.63, 3.8) is 0 Å². The Hall–Kier alpha value is -1.55. The van der Waals surface area contributed by atoms with E-state index in [4.69, 9.17) is 10.5 Å². The van der Waals surface area contributed by atoms with Crippen LogP contribution in [0, 0.1) is 13.8 Å². The van der Waals surface area contributed by atoms with E-state index in [-0.39, 0.29) is 11.9 Å². The predicted octanol–water partition coefficient (Wildman–Crippen LogP) is 1.93. The average Bonchev–Trinajstić information content (AvgIpc) is 2.37. The molecule has 4 heteroatoms. The largest absolute Gasteiger partial charge is 0.493 e. The number of primary amides is 1. The summed E-state index contributed by atoms with van der Waals surface area (Å²) in [4.78, 5) is 11.3. The smallest absolute Gasteiger partial charge is 0.234 e. The van der Waals surface area contributed by atoms with Crippen molar-refractivity contribution < 1.29 is 9.53 Å². The van der Waals surface area contributed by atoms with Crippen molar-refractivity contribution in [3.8, 4) is 5.75 Å². The van der Waals surface area contributed by atoms with Gasteiger partial charge in [0.15, 0.2) is 0 Å². The van der Waals surface area contributed by atoms with Crippen molar-refractivity contribution in [2.24, 2.45) is 5.73 Å². The van der Waals surface area contributed by atoms with Crippen LogP contribution in [0.4, 0.5) is 0 Å². The SMILES string of the molecule is CCCNC(CCOc1cc(C)ccc1C)C(N)=O. The van der Waals surface area contributed by atoms with E-state index >= 15 is 0 Å². The van der Waals surface area contributed by atoms with E-state index in [0.29, 0.717) is 13.0 Å². The van der Waals surface area contributed by atoms with E-state index in [2.05, 4.69) is 18.3 Å². The van der Waals surface area contributed by atoms with E-state index in [1.54, 1.807) is 0 Å². The predicted molar refractivity (Wildman–Crippen MR) is 77.3 cm³/mol. The van der Waals surface area contributed by atoms with Crippen LogP contribution in [0.15, 0.2) is 18.2 Å². The third kappa shape index (κ3) is 5.30. The molecule has 0 fully saturated rings. The Kier molecular flexibility index (Phi) is 6.36. The van der Waals surface area contributed by atoms with Crippen molar-refractivity contribution in [2.75, 3.05) is 13.2 Å². The van der Waals surface area contributed by atoms with Crippen LogP contribution < -0.4 is 15.8 Å². The number of nitrogens with one attached hydrogen (secondary N) is 1. The number of hydrogen-bond acceptors (Lipinski definition) is 3. The van der Waals surface area contributed by atoms with Crippen LogP contribution in [0.5, 0.6) is 5.75 Å². The lowest BCUT2D eigenvalue weighted by molar-refractivity contribution is -0.120. The Morgan fingerprint density at radius 3 is 2.79 bits per heavy atom. The second kappa shape index (κ2) is 7.79. The molecule has 106 valence electrons. The van der Waals surface area contributed by atoms with E-state index in [9.17, 15) is 4.79 Å². The van der Waals surface area contributed by atoms with Crippen LogP contribution in [0.1, 0.15) is 30.9 Å². The number of ether oxygens (including phenoxy) is 1. The fraction of sp³-hybridized carbons (Fsp3) is 0.533. The highest BCUT2D eigenvalue weighted by molar-refractivity contribution is 5.79. The number of hydrogen-bond donors (Lipinski definition) is 2. The Bertz CT molecular complexity index is 419. The van der Waals surface area contributed by atoms with Crippen molar-refractivity contribution >= 4 is 5.91 Å². The molecule has 0 spiro atoms. The van der Waals surface area contributed by atoms with Crippen molar-refractivity contribution in [2.45, 2.75) is 39.7 Å². The van der Waals surface area contributed by atoms with Gasteiger partial charge in [-0.05, 0) is 44.0 Å². The van der Waals surface area contributed by atoms with Crippen molar-refractivity contribution in [1.29, 1.82) is 0 Å². The highest BCUT2D eigenvalue weighted by Crippen LogP contribution is 2.19. The molecule has 4 nitrogen and oxygen atoms in total. The minimum atomic E-state index is -0.321. The molecule has 1 amide bonds. The molecule has 0 saturated carbocycles. The summed E-state index contributed by atoms with van der Waals surface area (Å²) in [5.41, 5.74) is 7.62. The van der Waals surface area contributed by atoms with Crippen LogP contribution in [0.2, 0.25) is 0 Å². The molecule has 1 aromatic rings. The first-order chi connectivity index (χ1) is 9.04. The summed E-state index contributed by atoms with van der Waals surface area (Å²) in [6.45, 7) is 7.36. The third-order valence-corrected chi connectivity index (χ3v) is 2.99. The molecule has 0 radical (unpaired) electrons. The quantitative estimate of drug-likeness (QED) is 0.754. The highest BCUT2D eigenvalue weighted by atomic mass is 16.5. The number of carbonyl (C=O) groups is 1. The molecule has 1 rings (SSSR count). The minimum absolute atomic E-state index is 0.315. The lowest BCUT2D eigenvalue weighted by atomic mass is 10.1. The van der Waals surface area contributed by atoms with E-state index in [1.807, 2.05) is 26.0 Å². The number of rotatable bonds is 8. The maximum absolute atomic E-state index is 11.3. The first-order valence-corrected chi connectivity index (χ1v) is 6.77. The third-order valence-electron chi connectivity index (χ3n) is 2.99. The van der Waals surface area contributed by atoms with Crippen molar-refractivity contribution in [1.82, 2.24) is 5.32 Å². The van der Waals surface area contributed by atoms with Gasteiger partial charge in [-0.2, -0.15) is 0 Å². The number of nitrogens with two attached hydrogens (primary N) is 1. The number of aryl methyl sites for hydroxylation is 2. The summed E-state index contributed by atoms with van der Waals surface area (Å²) in [6, 6.07) is 5.78. The number of amides is 1. The van der Waals surface area contributed by atoms with Gasteiger partial charge in [-0.15, -0.1) is 0 Å². The molecule has 1 atom stereocenters. The zero-order valence-corrected chi connectivity index (χ0v) is 12.0. The molecule has 0 aliphatic heterocycles. The van der Waals surface area contributed by atoms with Crippen LogP contribution in [0.3, 0.4) is 0 Å². The lowest BCUT2D eigenvalue weighted by Gasteiger charge is -2.16. The Morgan fingerprint density at radius 1 is 1.42 bits per heavy atom. The Morgan fingerprint density at radius 2 is 2.16 bits per heavy atom. The molecule has 0 aliphatic rings. The molecule has 0 bridgehead atoms. The molecular weight excluding hydrogens is 240 g/mol. The average molecular weight is 264 g/mol. The van der Waals surface area contributed by atoms with Crippen LogP contribution in [-0.2, 0) is 4.79 Å². The van der Waals surface area contributed by atoms with Crippen LogP contribution in [0.25, 0.3) is 0 Å². The molecule has 0 saturated heterocycles. The second-order valence-corrected chi connectivity index (χ2v) is 4.82. The molecule has 0 aromatic heterocycles. The maximum atomic E-state index is 11.3. The topological polar surface area (TPSA) is 64.3 Å². The summed E-state index contributed by atoms with van der Waals surface area (Å²) in [6.07, 6.45) is 1.56. The summed E-state index contributed by atoms with van der Waals surface area (Å²) in [5.74, 6) is 0.553. The molecule has 0 heterocycles. The Labute approximate surface area is 115 Å². The van der Waals surface area contributed by atoms with E-state index in [1.165, 1.54) is 0 Å².